The van der Waals surface area contributed by atoms with E-state index in [1.54, 1.807) is 12.1 Å². The Morgan fingerprint density at radius 3 is 2.71 bits per heavy atom. The Bertz CT molecular complexity index is 432. The van der Waals surface area contributed by atoms with Crippen LogP contribution in [0, 0.1) is 0 Å². The summed E-state index contributed by atoms with van der Waals surface area (Å²) in [4.78, 5) is 11.4. The summed E-state index contributed by atoms with van der Waals surface area (Å²) in [5.74, 6) is 0.943. The summed E-state index contributed by atoms with van der Waals surface area (Å²) in [5.41, 5.74) is 6.18. The standard InChI is InChI=1S/C12H16N2O3/c1-7(2)14-11(12(13)15)8-3-4-9-10(5-8)17-6-16-9/h3-5,7,11,14H,6H2,1-2H3,(H2,13,15). The van der Waals surface area contributed by atoms with Crippen LogP contribution in [-0.4, -0.2) is 18.7 Å². The van der Waals surface area contributed by atoms with Gasteiger partial charge in [0.05, 0.1) is 0 Å². The molecule has 17 heavy (non-hydrogen) atoms. The van der Waals surface area contributed by atoms with E-state index in [4.69, 9.17) is 15.2 Å². The minimum Gasteiger partial charge on any atom is -0.454 e. The van der Waals surface area contributed by atoms with Crippen molar-refractivity contribution in [2.75, 3.05) is 6.79 Å². The number of carbonyl (C=O) groups is 1. The number of hydrogen-bond acceptors (Lipinski definition) is 4. The maximum atomic E-state index is 11.4. The van der Waals surface area contributed by atoms with Crippen molar-refractivity contribution < 1.29 is 14.3 Å². The fraction of sp³-hybridized carbons (Fsp3) is 0.417. The highest BCUT2D eigenvalue weighted by Gasteiger charge is 2.22. The summed E-state index contributed by atoms with van der Waals surface area (Å²) in [7, 11) is 0. The largest absolute Gasteiger partial charge is 0.454 e. The van der Waals surface area contributed by atoms with E-state index in [-0.39, 0.29) is 12.8 Å². The van der Waals surface area contributed by atoms with Crippen LogP contribution in [-0.2, 0) is 4.79 Å². The number of ether oxygens (including phenoxy) is 2. The Kier molecular flexibility index (Phi) is 3.19. The topological polar surface area (TPSA) is 73.6 Å². The molecule has 0 bridgehead atoms. The molecule has 0 saturated carbocycles. The van der Waals surface area contributed by atoms with Crippen molar-refractivity contribution in [3.63, 3.8) is 0 Å². The van der Waals surface area contributed by atoms with Gasteiger partial charge < -0.3 is 15.2 Å². The van der Waals surface area contributed by atoms with Crippen LogP contribution >= 0.6 is 0 Å². The summed E-state index contributed by atoms with van der Waals surface area (Å²) in [6.45, 7) is 4.14. The molecule has 1 aromatic carbocycles. The van der Waals surface area contributed by atoms with Gasteiger partial charge in [0, 0.05) is 6.04 Å². The number of benzene rings is 1. The van der Waals surface area contributed by atoms with Crippen molar-refractivity contribution in [2.45, 2.75) is 25.9 Å². The molecule has 1 unspecified atom stereocenters. The average molecular weight is 236 g/mol. The van der Waals surface area contributed by atoms with Gasteiger partial charge in [0.1, 0.15) is 6.04 Å². The van der Waals surface area contributed by atoms with Crippen LogP contribution in [0.1, 0.15) is 25.5 Å². The fourth-order valence-electron chi connectivity index (χ4n) is 1.77. The summed E-state index contributed by atoms with van der Waals surface area (Å²) in [5, 5.41) is 3.12. The second kappa shape index (κ2) is 4.63. The second-order valence-corrected chi connectivity index (χ2v) is 4.27. The van der Waals surface area contributed by atoms with Gasteiger partial charge >= 0.3 is 0 Å². The van der Waals surface area contributed by atoms with E-state index in [1.165, 1.54) is 0 Å². The molecule has 2 rings (SSSR count). The highest BCUT2D eigenvalue weighted by atomic mass is 16.7. The zero-order valence-corrected chi connectivity index (χ0v) is 9.90. The molecule has 5 heteroatoms. The summed E-state index contributed by atoms with van der Waals surface area (Å²) in [6, 6.07) is 5.04. The molecular formula is C12H16N2O3. The molecule has 0 aliphatic carbocycles. The number of primary amides is 1. The first-order valence-electron chi connectivity index (χ1n) is 5.53. The number of fused-ring (bicyclic) bond motifs is 1. The normalized spacial score (nSPS) is 15.0. The van der Waals surface area contributed by atoms with Crippen molar-refractivity contribution in [3.8, 4) is 11.5 Å². The van der Waals surface area contributed by atoms with Crippen molar-refractivity contribution >= 4 is 5.91 Å². The van der Waals surface area contributed by atoms with E-state index < -0.39 is 11.9 Å². The molecule has 1 heterocycles. The Morgan fingerprint density at radius 1 is 1.35 bits per heavy atom. The monoisotopic (exact) mass is 236 g/mol. The molecule has 0 aromatic heterocycles. The number of nitrogens with one attached hydrogen (secondary N) is 1. The zero-order valence-electron chi connectivity index (χ0n) is 9.90. The van der Waals surface area contributed by atoms with E-state index in [0.29, 0.717) is 11.5 Å². The number of nitrogens with two attached hydrogens (primary N) is 1. The van der Waals surface area contributed by atoms with Crippen molar-refractivity contribution in [3.05, 3.63) is 23.8 Å². The minimum absolute atomic E-state index is 0.165. The summed E-state index contributed by atoms with van der Waals surface area (Å²) < 4.78 is 10.5. The molecule has 3 N–H and O–H groups in total. The predicted molar refractivity (Wildman–Crippen MR) is 62.8 cm³/mol. The fourth-order valence-corrected chi connectivity index (χ4v) is 1.77. The van der Waals surface area contributed by atoms with Gasteiger partial charge in [-0.2, -0.15) is 0 Å². The van der Waals surface area contributed by atoms with Gasteiger partial charge in [0.25, 0.3) is 0 Å². The van der Waals surface area contributed by atoms with Crippen molar-refractivity contribution in [1.29, 1.82) is 0 Å². The Labute approximate surface area is 99.9 Å². The first kappa shape index (κ1) is 11.7. The first-order valence-corrected chi connectivity index (χ1v) is 5.53. The zero-order chi connectivity index (χ0) is 12.4. The molecule has 0 spiro atoms. The van der Waals surface area contributed by atoms with Crippen molar-refractivity contribution in [2.24, 2.45) is 5.73 Å². The van der Waals surface area contributed by atoms with Gasteiger partial charge in [0.2, 0.25) is 12.7 Å². The van der Waals surface area contributed by atoms with Gasteiger partial charge in [-0.1, -0.05) is 6.07 Å². The Morgan fingerprint density at radius 2 is 2.06 bits per heavy atom. The van der Waals surface area contributed by atoms with Gasteiger partial charge in [0.15, 0.2) is 11.5 Å². The van der Waals surface area contributed by atoms with Crippen LogP contribution in [0.4, 0.5) is 0 Å². The van der Waals surface area contributed by atoms with Crippen LogP contribution in [0.3, 0.4) is 0 Å². The van der Waals surface area contributed by atoms with Gasteiger partial charge in [-0.3, -0.25) is 10.1 Å². The Hall–Kier alpha value is -1.75. The van der Waals surface area contributed by atoms with Crippen LogP contribution in [0.5, 0.6) is 11.5 Å². The van der Waals surface area contributed by atoms with Crippen LogP contribution < -0.4 is 20.5 Å². The van der Waals surface area contributed by atoms with Gasteiger partial charge in [-0.15, -0.1) is 0 Å². The molecule has 1 amide bonds. The smallest absolute Gasteiger partial charge is 0.239 e. The van der Waals surface area contributed by atoms with E-state index in [2.05, 4.69) is 5.32 Å². The number of amides is 1. The summed E-state index contributed by atoms with van der Waals surface area (Å²) in [6.07, 6.45) is 0. The molecule has 0 saturated heterocycles. The number of hydrogen-bond donors (Lipinski definition) is 2. The Balaban J connectivity index is 2.27. The second-order valence-electron chi connectivity index (χ2n) is 4.27. The number of carbonyl (C=O) groups excluding carboxylic acids is 1. The maximum Gasteiger partial charge on any atom is 0.239 e. The number of rotatable bonds is 4. The summed E-state index contributed by atoms with van der Waals surface area (Å²) >= 11 is 0. The van der Waals surface area contributed by atoms with E-state index in [0.717, 1.165) is 5.56 Å². The third kappa shape index (κ3) is 2.50. The molecule has 5 nitrogen and oxygen atoms in total. The first-order chi connectivity index (χ1) is 8.08. The predicted octanol–water partition coefficient (Wildman–Crippen LogP) is 0.940. The third-order valence-corrected chi connectivity index (χ3v) is 2.51. The van der Waals surface area contributed by atoms with Crippen LogP contribution in [0.15, 0.2) is 18.2 Å². The molecule has 92 valence electrons. The molecule has 1 aromatic rings. The lowest BCUT2D eigenvalue weighted by atomic mass is 10.0. The van der Waals surface area contributed by atoms with Gasteiger partial charge in [-0.25, -0.2) is 0 Å². The van der Waals surface area contributed by atoms with Crippen LogP contribution in [0.2, 0.25) is 0 Å². The lowest BCUT2D eigenvalue weighted by Gasteiger charge is -2.18. The van der Waals surface area contributed by atoms with E-state index in [1.807, 2.05) is 19.9 Å². The third-order valence-electron chi connectivity index (χ3n) is 2.51. The van der Waals surface area contributed by atoms with E-state index in [9.17, 15) is 4.79 Å². The lowest BCUT2D eigenvalue weighted by Crippen LogP contribution is -2.37. The highest BCUT2D eigenvalue weighted by Crippen LogP contribution is 2.34. The quantitative estimate of drug-likeness (QED) is 0.816. The maximum absolute atomic E-state index is 11.4. The van der Waals surface area contributed by atoms with E-state index >= 15 is 0 Å². The lowest BCUT2D eigenvalue weighted by molar-refractivity contribution is -0.120. The minimum atomic E-state index is -0.510. The highest BCUT2D eigenvalue weighted by molar-refractivity contribution is 5.81. The molecule has 1 atom stereocenters. The van der Waals surface area contributed by atoms with Crippen molar-refractivity contribution in [1.82, 2.24) is 5.32 Å². The SMILES string of the molecule is CC(C)NC(C(N)=O)c1ccc2c(c1)OCO2. The van der Waals surface area contributed by atoms with Crippen LogP contribution in [0.25, 0.3) is 0 Å². The molecule has 0 fully saturated rings. The average Bonchev–Trinajstić information content (AvgIpc) is 2.72. The molecule has 1 aliphatic rings. The molecule has 0 radical (unpaired) electrons. The van der Waals surface area contributed by atoms with Gasteiger partial charge in [-0.05, 0) is 31.5 Å². The molecule has 1 aliphatic heterocycles. The molecular weight excluding hydrogens is 220 g/mol.